The summed E-state index contributed by atoms with van der Waals surface area (Å²) in [5.41, 5.74) is 1.50. The van der Waals surface area contributed by atoms with E-state index in [-0.39, 0.29) is 18.3 Å². The molecule has 0 aliphatic carbocycles. The molecule has 2 unspecified atom stereocenters. The van der Waals surface area contributed by atoms with E-state index in [4.69, 9.17) is 34.3 Å². The van der Waals surface area contributed by atoms with Crippen LogP contribution in [0.15, 0.2) is 40.8 Å². The van der Waals surface area contributed by atoms with Crippen molar-refractivity contribution in [3.8, 4) is 5.75 Å². The van der Waals surface area contributed by atoms with Gasteiger partial charge in [0.1, 0.15) is 30.1 Å². The largest absolute Gasteiger partial charge is 0.490 e. The monoisotopic (exact) mass is 853 g/mol. The number of carboxylic acid groups (broad SMARTS) is 2. The number of esters is 1. The molecule has 246 valence electrons. The van der Waals surface area contributed by atoms with Gasteiger partial charge in [0.05, 0.1) is 18.8 Å². The number of carbonyl (C=O) groups is 4. The van der Waals surface area contributed by atoms with Gasteiger partial charge in [0.2, 0.25) is 0 Å². The number of benzene rings is 2. The Labute approximate surface area is 288 Å². The number of nitrogens with zero attached hydrogens (tertiary/aromatic N) is 1. The molecule has 1 aromatic heterocycles. The van der Waals surface area contributed by atoms with Gasteiger partial charge in [0.25, 0.3) is 0 Å². The molecule has 0 bridgehead atoms. The fourth-order valence-electron chi connectivity index (χ4n) is 4.01. The van der Waals surface area contributed by atoms with E-state index in [0.717, 1.165) is 38.9 Å². The Kier molecular flexibility index (Phi) is 15.7. The van der Waals surface area contributed by atoms with Gasteiger partial charge in [-0.2, -0.15) is 0 Å². The van der Waals surface area contributed by atoms with Gasteiger partial charge in [0, 0.05) is 17.5 Å². The number of para-hydroxylation sites is 1. The number of rotatable bonds is 15. The van der Waals surface area contributed by atoms with Crippen molar-refractivity contribution in [3.05, 3.63) is 60.4 Å². The SMILES string of the molecule is CC[C@H](C)OC(=O)Cc1oc2ccccc2c1C(=O)c1cc(I)c(OCCN(CC)CC)c(I)c1.O=C(O)C(O)C(O)C(=O)O. The smallest absolute Gasteiger partial charge is 0.335 e. The van der Waals surface area contributed by atoms with Crippen LogP contribution in [0, 0.1) is 7.14 Å². The van der Waals surface area contributed by atoms with Crippen LogP contribution in [0.4, 0.5) is 0 Å². The molecule has 0 aliphatic rings. The molecular weight excluding hydrogens is 816 g/mol. The lowest BCUT2D eigenvalue weighted by Gasteiger charge is -2.19. The summed E-state index contributed by atoms with van der Waals surface area (Å²) in [5, 5.41) is 33.2. The van der Waals surface area contributed by atoms with Gasteiger partial charge in [-0.25, -0.2) is 9.59 Å². The van der Waals surface area contributed by atoms with E-state index in [2.05, 4.69) is 63.9 Å². The number of aliphatic hydroxyl groups is 2. The summed E-state index contributed by atoms with van der Waals surface area (Å²) in [6.07, 6.45) is -4.10. The number of aliphatic carboxylic acids is 2. The van der Waals surface area contributed by atoms with Gasteiger partial charge < -0.3 is 39.2 Å². The highest BCUT2D eigenvalue weighted by Crippen LogP contribution is 2.33. The fraction of sp³-hybridized carbons (Fsp3) is 0.419. The number of ether oxygens (including phenoxy) is 2. The van der Waals surface area contributed by atoms with Crippen LogP contribution < -0.4 is 4.74 Å². The fourth-order valence-corrected chi connectivity index (χ4v) is 6.09. The van der Waals surface area contributed by atoms with E-state index in [1.807, 2.05) is 44.2 Å². The number of carboxylic acids is 2. The van der Waals surface area contributed by atoms with Crippen molar-refractivity contribution in [1.82, 2.24) is 4.90 Å². The minimum atomic E-state index is -2.27. The maximum Gasteiger partial charge on any atom is 0.335 e. The Balaban J connectivity index is 0.000000607. The van der Waals surface area contributed by atoms with Crippen LogP contribution in [0.5, 0.6) is 5.75 Å². The molecule has 4 N–H and O–H groups in total. The molecule has 2 aromatic carbocycles. The molecule has 12 nitrogen and oxygen atoms in total. The zero-order valence-electron chi connectivity index (χ0n) is 25.3. The minimum Gasteiger partial charge on any atom is -0.490 e. The second-order valence-electron chi connectivity index (χ2n) is 9.82. The van der Waals surface area contributed by atoms with E-state index in [1.165, 1.54) is 0 Å². The summed E-state index contributed by atoms with van der Waals surface area (Å²) < 4.78 is 19.2. The van der Waals surface area contributed by atoms with E-state index in [0.29, 0.717) is 34.5 Å². The Morgan fingerprint density at radius 3 is 2.00 bits per heavy atom. The Morgan fingerprint density at radius 2 is 1.49 bits per heavy atom. The van der Waals surface area contributed by atoms with Crippen molar-refractivity contribution in [2.75, 3.05) is 26.2 Å². The van der Waals surface area contributed by atoms with E-state index >= 15 is 0 Å². The molecule has 3 atom stereocenters. The summed E-state index contributed by atoms with van der Waals surface area (Å²) in [4.78, 5) is 48.1. The Morgan fingerprint density at radius 1 is 0.933 bits per heavy atom. The zero-order valence-corrected chi connectivity index (χ0v) is 29.6. The van der Waals surface area contributed by atoms with Crippen LogP contribution in [0.3, 0.4) is 0 Å². The topological polar surface area (TPSA) is 184 Å². The highest BCUT2D eigenvalue weighted by Gasteiger charge is 2.29. The number of likely N-dealkylation sites (N-methyl/N-ethyl adjacent to an activating group) is 1. The molecule has 3 aromatic rings. The molecule has 45 heavy (non-hydrogen) atoms. The zero-order chi connectivity index (χ0) is 33.8. The Hall–Kier alpha value is -2.80. The lowest BCUT2D eigenvalue weighted by molar-refractivity contribution is -0.165. The van der Waals surface area contributed by atoms with Crippen LogP contribution >= 0.6 is 45.2 Å². The first-order chi connectivity index (χ1) is 21.2. The van der Waals surface area contributed by atoms with Crippen LogP contribution in [0.25, 0.3) is 11.0 Å². The van der Waals surface area contributed by atoms with E-state index < -0.39 is 30.1 Å². The van der Waals surface area contributed by atoms with Gasteiger partial charge in [-0.3, -0.25) is 9.59 Å². The number of hydrogen-bond acceptors (Lipinski definition) is 10. The van der Waals surface area contributed by atoms with Crippen molar-refractivity contribution >= 4 is 79.8 Å². The standard InChI is InChI=1S/C27H31I2NO5.C4H6O6/c1-5-17(4)34-24(31)16-23-25(19-10-8-9-11-22(19)35-23)26(32)18-14-20(28)27(21(29)15-18)33-13-12-30(6-2)7-3;5-1(3(7)8)2(6)4(9)10/h8-11,14-15,17H,5-7,12-13,16H2,1-4H3;1-2,5-6H,(H,7,8)(H,9,10)/t17-;/m0./s1. The summed E-state index contributed by atoms with van der Waals surface area (Å²) in [6.45, 7) is 11.4. The van der Waals surface area contributed by atoms with Gasteiger partial charge in [-0.1, -0.05) is 39.0 Å². The predicted molar refractivity (Wildman–Crippen MR) is 182 cm³/mol. The van der Waals surface area contributed by atoms with Crippen LogP contribution in [0.1, 0.15) is 55.8 Å². The number of fused-ring (bicyclic) bond motifs is 1. The Bertz CT molecular complexity index is 1440. The van der Waals surface area contributed by atoms with Gasteiger partial charge in [-0.15, -0.1) is 0 Å². The predicted octanol–water partition coefficient (Wildman–Crippen LogP) is 4.36. The maximum atomic E-state index is 13.7. The maximum absolute atomic E-state index is 13.7. The summed E-state index contributed by atoms with van der Waals surface area (Å²) in [7, 11) is 0. The van der Waals surface area contributed by atoms with Gasteiger partial charge >= 0.3 is 17.9 Å². The normalized spacial score (nSPS) is 13.0. The van der Waals surface area contributed by atoms with Crippen LogP contribution in [0.2, 0.25) is 0 Å². The quantitative estimate of drug-likeness (QED) is 0.0965. The lowest BCUT2D eigenvalue weighted by Crippen LogP contribution is -2.39. The number of aliphatic hydroxyl groups excluding tert-OH is 2. The number of carbonyl (C=O) groups excluding carboxylic acids is 2. The van der Waals surface area contributed by atoms with E-state index in [9.17, 15) is 19.2 Å². The second-order valence-corrected chi connectivity index (χ2v) is 12.1. The van der Waals surface area contributed by atoms with Crippen molar-refractivity contribution in [1.29, 1.82) is 0 Å². The van der Waals surface area contributed by atoms with Crippen LogP contribution in [-0.2, 0) is 25.5 Å². The molecule has 14 heteroatoms. The summed E-state index contributed by atoms with van der Waals surface area (Å²) in [6, 6.07) is 11.0. The van der Waals surface area contributed by atoms with Crippen molar-refractivity contribution in [3.63, 3.8) is 0 Å². The molecule has 0 saturated carbocycles. The molecule has 3 rings (SSSR count). The molecular formula is C31H37I2NO11. The van der Waals surface area contributed by atoms with Gasteiger partial charge in [-0.05, 0) is 89.8 Å². The second kappa shape index (κ2) is 18.4. The first-order valence-corrected chi connectivity index (χ1v) is 16.3. The molecule has 0 amide bonds. The average Bonchev–Trinajstić information content (AvgIpc) is 3.36. The highest BCUT2D eigenvalue weighted by atomic mass is 127. The number of furan rings is 1. The molecule has 0 aliphatic heterocycles. The third kappa shape index (κ3) is 10.9. The molecule has 0 radical (unpaired) electrons. The first-order valence-electron chi connectivity index (χ1n) is 14.2. The van der Waals surface area contributed by atoms with Gasteiger partial charge in [0.15, 0.2) is 18.0 Å². The first kappa shape index (κ1) is 38.4. The van der Waals surface area contributed by atoms with Crippen molar-refractivity contribution in [2.24, 2.45) is 0 Å². The molecule has 1 heterocycles. The number of hydrogen-bond donors (Lipinski definition) is 4. The average molecular weight is 853 g/mol. The van der Waals surface area contributed by atoms with Crippen molar-refractivity contribution < 1.29 is 53.5 Å². The number of halogens is 2. The third-order valence-electron chi connectivity index (χ3n) is 6.72. The summed E-state index contributed by atoms with van der Waals surface area (Å²) in [5.74, 6) is -3.02. The third-order valence-corrected chi connectivity index (χ3v) is 8.32. The number of ketones is 1. The lowest BCUT2D eigenvalue weighted by atomic mass is 9.99. The highest BCUT2D eigenvalue weighted by molar-refractivity contribution is 14.1. The molecule has 0 fully saturated rings. The summed E-state index contributed by atoms with van der Waals surface area (Å²) >= 11 is 4.42. The minimum absolute atomic E-state index is 0.0964. The van der Waals surface area contributed by atoms with Crippen molar-refractivity contribution in [2.45, 2.75) is 58.8 Å². The van der Waals surface area contributed by atoms with E-state index in [1.54, 1.807) is 6.07 Å². The van der Waals surface area contributed by atoms with Crippen LogP contribution in [-0.4, -0.2) is 93.6 Å². The molecule has 0 saturated heterocycles. The molecule has 0 spiro atoms.